The molecule has 9 rings (SSSR count). The SMILES string of the molecule is Brc1ccc2nc(Nc3ccc4[nH]ccc4c3)c3[nH]ncc3c2c1.COc1ccc(Cn2cc3c(n2)c(Cl)nc2ccc(Br)cc23)cc1. The van der Waals surface area contributed by atoms with Crippen molar-refractivity contribution in [3.05, 3.63) is 123 Å². The van der Waals surface area contributed by atoms with Crippen molar-refractivity contribution < 1.29 is 4.74 Å². The summed E-state index contributed by atoms with van der Waals surface area (Å²) < 4.78 is 9.11. The van der Waals surface area contributed by atoms with Crippen molar-refractivity contribution >= 4 is 109 Å². The Balaban J connectivity index is 0.000000140. The molecule has 236 valence electrons. The van der Waals surface area contributed by atoms with E-state index in [9.17, 15) is 0 Å². The highest BCUT2D eigenvalue weighted by Crippen LogP contribution is 2.33. The average Bonchev–Trinajstić information content (AvgIpc) is 3.87. The molecular formula is C36H25Br2ClN8O. The lowest BCUT2D eigenvalue weighted by Crippen LogP contribution is -1.99. The van der Waals surface area contributed by atoms with E-state index in [0.29, 0.717) is 11.7 Å². The van der Waals surface area contributed by atoms with Crippen LogP contribution < -0.4 is 10.1 Å². The van der Waals surface area contributed by atoms with Gasteiger partial charge < -0.3 is 15.0 Å². The molecular weight excluding hydrogens is 756 g/mol. The third-order valence-corrected chi connectivity index (χ3v) is 9.35. The molecule has 0 aliphatic rings. The molecule has 0 bridgehead atoms. The molecule has 5 aromatic heterocycles. The first-order valence-electron chi connectivity index (χ1n) is 14.9. The number of nitrogens with one attached hydrogen (secondary N) is 3. The number of fused-ring (bicyclic) bond motifs is 7. The second-order valence-electron chi connectivity index (χ2n) is 11.2. The summed E-state index contributed by atoms with van der Waals surface area (Å²) in [5.41, 5.74) is 6.64. The summed E-state index contributed by atoms with van der Waals surface area (Å²) in [7, 11) is 1.66. The molecule has 0 fully saturated rings. The van der Waals surface area contributed by atoms with Gasteiger partial charge in [0.25, 0.3) is 0 Å². The molecule has 5 heterocycles. The molecule has 0 saturated heterocycles. The number of benzene rings is 4. The first kappa shape index (κ1) is 30.4. The van der Waals surface area contributed by atoms with Crippen molar-refractivity contribution in [1.29, 1.82) is 0 Å². The van der Waals surface area contributed by atoms with Crippen LogP contribution in [-0.2, 0) is 6.54 Å². The second kappa shape index (κ2) is 12.6. The maximum atomic E-state index is 6.32. The largest absolute Gasteiger partial charge is 0.497 e. The highest BCUT2D eigenvalue weighted by molar-refractivity contribution is 9.10. The number of H-pyrrole nitrogens is 2. The zero-order valence-electron chi connectivity index (χ0n) is 25.3. The summed E-state index contributed by atoms with van der Waals surface area (Å²) in [4.78, 5) is 12.4. The Bertz CT molecular complexity index is 2610. The van der Waals surface area contributed by atoms with Crippen LogP contribution in [-0.4, -0.2) is 42.0 Å². The van der Waals surface area contributed by atoms with Crippen LogP contribution >= 0.6 is 43.5 Å². The van der Waals surface area contributed by atoms with Gasteiger partial charge in [-0.2, -0.15) is 10.2 Å². The highest BCUT2D eigenvalue weighted by Gasteiger charge is 2.13. The summed E-state index contributed by atoms with van der Waals surface area (Å²) >= 11 is 13.3. The van der Waals surface area contributed by atoms with Crippen LogP contribution in [0.1, 0.15) is 5.56 Å². The van der Waals surface area contributed by atoms with Crippen molar-refractivity contribution in [3.8, 4) is 5.75 Å². The molecule has 12 heteroatoms. The van der Waals surface area contributed by atoms with Crippen molar-refractivity contribution in [1.82, 2.24) is 34.9 Å². The third-order valence-electron chi connectivity index (χ3n) is 8.10. The van der Waals surface area contributed by atoms with Gasteiger partial charge in [-0.3, -0.25) is 9.78 Å². The highest BCUT2D eigenvalue weighted by atomic mass is 79.9. The monoisotopic (exact) mass is 778 g/mol. The van der Waals surface area contributed by atoms with E-state index in [0.717, 1.165) is 86.3 Å². The second-order valence-corrected chi connectivity index (χ2v) is 13.4. The van der Waals surface area contributed by atoms with Crippen LogP contribution in [0.5, 0.6) is 5.75 Å². The molecule has 4 aromatic carbocycles. The number of hydrogen-bond acceptors (Lipinski definition) is 6. The Labute approximate surface area is 295 Å². The van der Waals surface area contributed by atoms with Crippen molar-refractivity contribution in [2.75, 3.05) is 12.4 Å². The molecule has 9 nitrogen and oxygen atoms in total. The van der Waals surface area contributed by atoms with Gasteiger partial charge >= 0.3 is 0 Å². The van der Waals surface area contributed by atoms with E-state index in [1.807, 2.05) is 83.9 Å². The van der Waals surface area contributed by atoms with E-state index < -0.39 is 0 Å². The van der Waals surface area contributed by atoms with Crippen LogP contribution in [0.25, 0.3) is 54.5 Å². The molecule has 9 aromatic rings. The first-order chi connectivity index (χ1) is 23.4. The predicted molar refractivity (Wildman–Crippen MR) is 201 cm³/mol. The van der Waals surface area contributed by atoms with Gasteiger partial charge in [-0.1, -0.05) is 55.6 Å². The maximum Gasteiger partial charge on any atom is 0.157 e. The molecule has 0 atom stereocenters. The summed E-state index contributed by atoms with van der Waals surface area (Å²) in [6.07, 6.45) is 5.79. The standard InChI is InChI=1S/C18H13BrClN3O.C18H12BrN5/c1-24-13-5-2-11(3-6-13)9-23-10-15-14-8-12(19)4-7-16(14)21-18(20)17(15)22-23;19-11-1-3-16-13(8-11)14-9-21-24-17(14)18(23-16)22-12-2-4-15-10(7-12)5-6-20-15/h2-8,10H,9H2,1H3;1-9,20H,(H,21,24)(H,22,23). The van der Waals surface area contributed by atoms with E-state index in [1.165, 1.54) is 0 Å². The van der Waals surface area contributed by atoms with Gasteiger partial charge in [0.2, 0.25) is 0 Å². The number of aromatic amines is 2. The lowest BCUT2D eigenvalue weighted by atomic mass is 10.1. The Morgan fingerprint density at radius 2 is 1.58 bits per heavy atom. The Morgan fingerprint density at radius 1 is 0.833 bits per heavy atom. The smallest absolute Gasteiger partial charge is 0.157 e. The topological polar surface area (TPSA) is 109 Å². The van der Waals surface area contributed by atoms with Crippen LogP contribution in [0.2, 0.25) is 5.15 Å². The predicted octanol–water partition coefficient (Wildman–Crippen LogP) is 10.2. The molecule has 3 N–H and O–H groups in total. The van der Waals surface area contributed by atoms with Gasteiger partial charge in [-0.15, -0.1) is 0 Å². The summed E-state index contributed by atoms with van der Waals surface area (Å²) in [5.74, 6) is 1.61. The van der Waals surface area contributed by atoms with E-state index in [2.05, 4.69) is 86.7 Å². The molecule has 0 radical (unpaired) electrons. The minimum absolute atomic E-state index is 0.424. The molecule has 0 saturated carbocycles. The minimum atomic E-state index is 0.424. The number of aromatic nitrogens is 7. The molecule has 0 spiro atoms. The van der Waals surface area contributed by atoms with Crippen molar-refractivity contribution in [2.45, 2.75) is 6.54 Å². The normalized spacial score (nSPS) is 11.4. The maximum absolute atomic E-state index is 6.32. The fourth-order valence-electron chi connectivity index (χ4n) is 5.78. The summed E-state index contributed by atoms with van der Waals surface area (Å²) in [6.45, 7) is 0.657. The van der Waals surface area contributed by atoms with Crippen LogP contribution in [0.4, 0.5) is 11.5 Å². The van der Waals surface area contributed by atoms with E-state index >= 15 is 0 Å². The molecule has 0 unspecified atom stereocenters. The Kier molecular flexibility index (Phi) is 7.95. The third kappa shape index (κ3) is 5.85. The fraction of sp³-hybridized carbons (Fsp3) is 0.0556. The Morgan fingerprint density at radius 3 is 2.35 bits per heavy atom. The zero-order chi connectivity index (χ0) is 32.8. The van der Waals surface area contributed by atoms with E-state index in [1.54, 1.807) is 7.11 Å². The van der Waals surface area contributed by atoms with Crippen molar-refractivity contribution in [3.63, 3.8) is 0 Å². The fourth-order valence-corrected chi connectivity index (χ4v) is 6.73. The Hall–Kier alpha value is -4.97. The van der Waals surface area contributed by atoms with Gasteiger partial charge in [0, 0.05) is 59.5 Å². The summed E-state index contributed by atoms with van der Waals surface area (Å²) in [5, 5.41) is 21.0. The van der Waals surface area contributed by atoms with Gasteiger partial charge in [0.1, 0.15) is 16.8 Å². The van der Waals surface area contributed by atoms with Crippen LogP contribution in [0.15, 0.2) is 112 Å². The quantitative estimate of drug-likeness (QED) is 0.150. The first-order valence-corrected chi connectivity index (χ1v) is 16.9. The average molecular weight is 781 g/mol. The van der Waals surface area contributed by atoms with Crippen LogP contribution in [0, 0.1) is 0 Å². The number of hydrogen-bond donors (Lipinski definition) is 3. The number of pyridine rings is 2. The van der Waals surface area contributed by atoms with E-state index in [-0.39, 0.29) is 0 Å². The number of rotatable bonds is 5. The van der Waals surface area contributed by atoms with Gasteiger partial charge in [-0.05, 0) is 78.4 Å². The van der Waals surface area contributed by atoms with Gasteiger partial charge in [0.05, 0.1) is 30.9 Å². The van der Waals surface area contributed by atoms with Gasteiger partial charge in [0.15, 0.2) is 11.0 Å². The number of anilines is 2. The number of nitrogens with zero attached hydrogens (tertiary/aromatic N) is 5. The lowest BCUT2D eigenvalue weighted by Gasteiger charge is -2.09. The molecule has 0 aliphatic heterocycles. The molecule has 0 amide bonds. The lowest BCUT2D eigenvalue weighted by molar-refractivity contribution is 0.414. The summed E-state index contributed by atoms with van der Waals surface area (Å²) in [6, 6.07) is 28.2. The number of halogens is 3. The van der Waals surface area contributed by atoms with E-state index in [4.69, 9.17) is 21.3 Å². The van der Waals surface area contributed by atoms with Crippen molar-refractivity contribution in [2.24, 2.45) is 0 Å². The number of ether oxygens (including phenoxy) is 1. The zero-order valence-corrected chi connectivity index (χ0v) is 29.2. The van der Waals surface area contributed by atoms with Gasteiger partial charge in [-0.25, -0.2) is 9.97 Å². The van der Waals surface area contributed by atoms with Crippen LogP contribution in [0.3, 0.4) is 0 Å². The minimum Gasteiger partial charge on any atom is -0.497 e. The molecule has 48 heavy (non-hydrogen) atoms. The molecule has 0 aliphatic carbocycles. The number of methoxy groups -OCH3 is 1.